The Hall–Kier alpha value is -2.14. The molecule has 0 bridgehead atoms. The molecule has 0 aliphatic carbocycles. The van der Waals surface area contributed by atoms with Gasteiger partial charge in [-0.15, -0.1) is 0 Å². The van der Waals surface area contributed by atoms with Crippen LogP contribution in [0.5, 0.6) is 0 Å². The minimum atomic E-state index is -0.650. The second-order valence-corrected chi connectivity index (χ2v) is 4.68. The number of nitrogens with one attached hydrogen (secondary N) is 1. The molecule has 0 aliphatic heterocycles. The highest BCUT2D eigenvalue weighted by molar-refractivity contribution is 6.33. The summed E-state index contributed by atoms with van der Waals surface area (Å²) < 4.78 is 31.0. The number of esters is 1. The second-order valence-electron chi connectivity index (χ2n) is 4.28. The fourth-order valence-electron chi connectivity index (χ4n) is 1.76. The molecule has 0 heterocycles. The summed E-state index contributed by atoms with van der Waals surface area (Å²) in [6.07, 6.45) is 0. The number of anilines is 1. The smallest absolute Gasteiger partial charge is 0.337 e. The molecule has 6 heteroatoms. The first-order valence-electron chi connectivity index (χ1n) is 6.07. The van der Waals surface area contributed by atoms with E-state index in [0.29, 0.717) is 16.3 Å². The van der Waals surface area contributed by atoms with Crippen LogP contribution in [0.3, 0.4) is 0 Å². The van der Waals surface area contributed by atoms with Crippen molar-refractivity contribution in [3.63, 3.8) is 0 Å². The van der Waals surface area contributed by atoms with Gasteiger partial charge in [-0.1, -0.05) is 17.7 Å². The number of rotatable bonds is 4. The van der Waals surface area contributed by atoms with Crippen molar-refractivity contribution < 1.29 is 18.3 Å². The number of hydrogen-bond donors (Lipinski definition) is 1. The van der Waals surface area contributed by atoms with Gasteiger partial charge in [0.1, 0.15) is 11.6 Å². The molecule has 110 valence electrons. The van der Waals surface area contributed by atoms with Crippen LogP contribution < -0.4 is 5.32 Å². The van der Waals surface area contributed by atoms with E-state index in [-0.39, 0.29) is 12.1 Å². The first kappa shape index (κ1) is 15.3. The number of ether oxygens (including phenoxy) is 1. The van der Waals surface area contributed by atoms with Gasteiger partial charge in [-0.05, 0) is 24.3 Å². The summed E-state index contributed by atoms with van der Waals surface area (Å²) in [5.74, 6) is -1.78. The Morgan fingerprint density at radius 3 is 2.67 bits per heavy atom. The summed E-state index contributed by atoms with van der Waals surface area (Å²) in [5, 5.41) is 3.29. The van der Waals surface area contributed by atoms with Gasteiger partial charge in [0.25, 0.3) is 0 Å². The topological polar surface area (TPSA) is 38.3 Å². The molecule has 0 spiro atoms. The first-order valence-corrected chi connectivity index (χ1v) is 6.44. The van der Waals surface area contributed by atoms with Crippen LogP contribution in [0.25, 0.3) is 0 Å². The van der Waals surface area contributed by atoms with Gasteiger partial charge in [-0.25, -0.2) is 13.6 Å². The van der Waals surface area contributed by atoms with Crippen molar-refractivity contribution in [2.24, 2.45) is 0 Å². The molecule has 3 nitrogen and oxygen atoms in total. The maximum Gasteiger partial charge on any atom is 0.337 e. The van der Waals surface area contributed by atoms with Gasteiger partial charge < -0.3 is 10.1 Å². The Bertz CT molecular complexity index is 677. The van der Waals surface area contributed by atoms with Crippen LogP contribution in [-0.4, -0.2) is 13.1 Å². The third-order valence-electron chi connectivity index (χ3n) is 2.87. The molecule has 2 rings (SSSR count). The zero-order chi connectivity index (χ0) is 15.4. The number of carbonyl (C=O) groups is 1. The van der Waals surface area contributed by atoms with Crippen molar-refractivity contribution in [3.05, 3.63) is 64.2 Å². The van der Waals surface area contributed by atoms with Crippen LogP contribution in [0.4, 0.5) is 14.5 Å². The molecule has 0 fully saturated rings. The molecular formula is C15H12ClF2NO2. The molecule has 2 aromatic carbocycles. The van der Waals surface area contributed by atoms with E-state index < -0.39 is 17.6 Å². The fourth-order valence-corrected chi connectivity index (χ4v) is 1.95. The van der Waals surface area contributed by atoms with Gasteiger partial charge in [-0.2, -0.15) is 0 Å². The largest absolute Gasteiger partial charge is 0.465 e. The highest BCUT2D eigenvalue weighted by Crippen LogP contribution is 2.24. The lowest BCUT2D eigenvalue weighted by Crippen LogP contribution is -2.05. The van der Waals surface area contributed by atoms with Crippen LogP contribution in [0.2, 0.25) is 5.02 Å². The lowest BCUT2D eigenvalue weighted by Gasteiger charge is -2.10. The molecule has 0 saturated carbocycles. The average molecular weight is 312 g/mol. The van der Waals surface area contributed by atoms with Crippen molar-refractivity contribution in [3.8, 4) is 0 Å². The van der Waals surface area contributed by atoms with Crippen molar-refractivity contribution in [1.29, 1.82) is 0 Å². The number of hydrogen-bond acceptors (Lipinski definition) is 3. The molecule has 0 unspecified atom stereocenters. The van der Waals surface area contributed by atoms with Gasteiger partial charge in [0, 0.05) is 18.2 Å². The predicted molar refractivity (Wildman–Crippen MR) is 76.5 cm³/mol. The minimum absolute atomic E-state index is 0.108. The van der Waals surface area contributed by atoms with Gasteiger partial charge in [0.2, 0.25) is 0 Å². The van der Waals surface area contributed by atoms with Crippen LogP contribution in [0.15, 0.2) is 36.4 Å². The van der Waals surface area contributed by atoms with Crippen molar-refractivity contribution in [2.45, 2.75) is 6.54 Å². The van der Waals surface area contributed by atoms with Gasteiger partial charge in [0.05, 0.1) is 23.4 Å². The van der Waals surface area contributed by atoms with Crippen LogP contribution in [-0.2, 0) is 11.3 Å². The monoisotopic (exact) mass is 311 g/mol. The molecule has 1 N–H and O–H groups in total. The van der Waals surface area contributed by atoms with Crippen LogP contribution in [0.1, 0.15) is 15.9 Å². The van der Waals surface area contributed by atoms with E-state index >= 15 is 0 Å². The van der Waals surface area contributed by atoms with Gasteiger partial charge in [-0.3, -0.25) is 0 Å². The maximum atomic E-state index is 13.5. The zero-order valence-electron chi connectivity index (χ0n) is 11.1. The first-order chi connectivity index (χ1) is 10.0. The highest BCUT2D eigenvalue weighted by Gasteiger charge is 2.10. The lowest BCUT2D eigenvalue weighted by atomic mass is 10.1. The summed E-state index contributed by atoms with van der Waals surface area (Å²) in [7, 11) is 1.28. The van der Waals surface area contributed by atoms with E-state index in [0.717, 1.165) is 6.07 Å². The summed E-state index contributed by atoms with van der Waals surface area (Å²) >= 11 is 6.01. The third kappa shape index (κ3) is 3.70. The molecule has 0 atom stereocenters. The van der Waals surface area contributed by atoms with Crippen LogP contribution in [0, 0.1) is 11.6 Å². The Morgan fingerprint density at radius 1 is 1.24 bits per heavy atom. The molecule has 2 aromatic rings. The Morgan fingerprint density at radius 2 is 2.00 bits per heavy atom. The molecule has 0 amide bonds. The van der Waals surface area contributed by atoms with Gasteiger partial charge >= 0.3 is 5.97 Å². The van der Waals surface area contributed by atoms with E-state index in [1.807, 2.05) is 0 Å². The molecule has 0 saturated heterocycles. The van der Waals surface area contributed by atoms with E-state index in [1.165, 1.54) is 37.4 Å². The molecular weight excluding hydrogens is 300 g/mol. The Kier molecular flexibility index (Phi) is 4.75. The summed E-state index contributed by atoms with van der Waals surface area (Å²) in [4.78, 5) is 11.4. The Balaban J connectivity index is 2.17. The zero-order valence-corrected chi connectivity index (χ0v) is 11.9. The van der Waals surface area contributed by atoms with E-state index in [2.05, 4.69) is 10.1 Å². The second kappa shape index (κ2) is 6.54. The van der Waals surface area contributed by atoms with Crippen molar-refractivity contribution in [2.75, 3.05) is 12.4 Å². The normalized spacial score (nSPS) is 10.3. The summed E-state index contributed by atoms with van der Waals surface area (Å²) in [6, 6.07) is 7.90. The number of benzene rings is 2. The Labute approximate surface area is 125 Å². The van der Waals surface area contributed by atoms with E-state index in [4.69, 9.17) is 11.6 Å². The standard InChI is InChI=1S/C15H12ClF2NO2/c1-21-15(20)9-3-5-12(16)14(6-9)19-8-10-2-4-11(17)7-13(10)18/h2-7,19H,8H2,1H3. The van der Waals surface area contributed by atoms with Crippen molar-refractivity contribution in [1.82, 2.24) is 0 Å². The average Bonchev–Trinajstić information content (AvgIpc) is 2.47. The number of halogens is 3. The molecule has 21 heavy (non-hydrogen) atoms. The predicted octanol–water partition coefficient (Wildman–Crippen LogP) is 4.02. The molecule has 0 radical (unpaired) electrons. The SMILES string of the molecule is COC(=O)c1ccc(Cl)c(NCc2ccc(F)cc2F)c1. The van der Waals surface area contributed by atoms with Crippen LogP contribution >= 0.6 is 11.6 Å². The van der Waals surface area contributed by atoms with E-state index in [1.54, 1.807) is 0 Å². The highest BCUT2D eigenvalue weighted by atomic mass is 35.5. The number of carbonyl (C=O) groups excluding carboxylic acids is 1. The molecule has 0 aromatic heterocycles. The maximum absolute atomic E-state index is 13.5. The third-order valence-corrected chi connectivity index (χ3v) is 3.20. The van der Waals surface area contributed by atoms with E-state index in [9.17, 15) is 13.6 Å². The van der Waals surface area contributed by atoms with Gasteiger partial charge in [0.15, 0.2) is 0 Å². The summed E-state index contributed by atoms with van der Waals surface area (Å²) in [6.45, 7) is 0.108. The lowest BCUT2D eigenvalue weighted by molar-refractivity contribution is 0.0601. The number of methoxy groups -OCH3 is 1. The molecule has 0 aliphatic rings. The summed E-state index contributed by atoms with van der Waals surface area (Å²) in [5.41, 5.74) is 1.07. The minimum Gasteiger partial charge on any atom is -0.465 e. The quantitative estimate of drug-likeness (QED) is 0.867. The fraction of sp³-hybridized carbons (Fsp3) is 0.133. The van der Waals surface area contributed by atoms with Crippen molar-refractivity contribution >= 4 is 23.3 Å².